The molecule has 1 aliphatic carbocycles. The third kappa shape index (κ3) is 2.07. The van der Waals surface area contributed by atoms with Gasteiger partial charge in [0.2, 0.25) is 0 Å². The Morgan fingerprint density at radius 3 is 2.43 bits per heavy atom. The van der Waals surface area contributed by atoms with E-state index in [-0.39, 0.29) is 5.97 Å². The maximum atomic E-state index is 11.8. The molecule has 1 fully saturated rings. The molecule has 0 radical (unpaired) electrons. The van der Waals surface area contributed by atoms with Gasteiger partial charge in [0.05, 0.1) is 7.11 Å². The number of rotatable bonds is 5. The Labute approximate surface area is 85.6 Å². The second-order valence-corrected chi connectivity index (χ2v) is 4.22. The van der Waals surface area contributed by atoms with Crippen molar-refractivity contribution in [3.63, 3.8) is 0 Å². The highest BCUT2D eigenvalue weighted by atomic mass is 16.5. The lowest BCUT2D eigenvalue weighted by Crippen LogP contribution is -2.59. The van der Waals surface area contributed by atoms with Gasteiger partial charge in [-0.1, -0.05) is 0 Å². The number of esters is 1. The van der Waals surface area contributed by atoms with E-state index >= 15 is 0 Å². The molecule has 1 saturated carbocycles. The number of likely N-dealkylation sites (N-methyl/N-ethyl adjacent to an activating group) is 2. The first-order chi connectivity index (χ1) is 6.56. The van der Waals surface area contributed by atoms with E-state index in [0.717, 1.165) is 12.8 Å². The fourth-order valence-corrected chi connectivity index (χ4v) is 2.00. The van der Waals surface area contributed by atoms with Crippen LogP contribution in [0.1, 0.15) is 12.8 Å². The zero-order chi connectivity index (χ0) is 10.8. The minimum atomic E-state index is -0.502. The van der Waals surface area contributed by atoms with E-state index in [2.05, 4.69) is 5.32 Å². The number of hydrogen-bond acceptors (Lipinski definition) is 4. The van der Waals surface area contributed by atoms with Gasteiger partial charge < -0.3 is 15.0 Å². The molecule has 0 heterocycles. The summed E-state index contributed by atoms with van der Waals surface area (Å²) in [6.45, 7) is 0.695. The number of carbonyl (C=O) groups excluding carboxylic acids is 1. The van der Waals surface area contributed by atoms with Crippen molar-refractivity contribution >= 4 is 5.97 Å². The van der Waals surface area contributed by atoms with Crippen LogP contribution < -0.4 is 5.32 Å². The fourth-order valence-electron chi connectivity index (χ4n) is 2.00. The summed E-state index contributed by atoms with van der Waals surface area (Å²) in [5.74, 6) is 0.290. The molecule has 0 amide bonds. The molecule has 0 saturated heterocycles. The highest BCUT2D eigenvalue weighted by molar-refractivity contribution is 5.82. The molecule has 0 bridgehead atoms. The van der Waals surface area contributed by atoms with Gasteiger partial charge in [-0.15, -0.1) is 0 Å². The van der Waals surface area contributed by atoms with Gasteiger partial charge in [0.25, 0.3) is 0 Å². The van der Waals surface area contributed by atoms with Crippen LogP contribution in [0, 0.1) is 5.92 Å². The Balaban J connectivity index is 2.79. The van der Waals surface area contributed by atoms with E-state index in [0.29, 0.717) is 12.5 Å². The molecule has 1 aliphatic rings. The summed E-state index contributed by atoms with van der Waals surface area (Å²) >= 11 is 0. The summed E-state index contributed by atoms with van der Waals surface area (Å²) < 4.78 is 4.88. The molecule has 1 N–H and O–H groups in total. The van der Waals surface area contributed by atoms with Gasteiger partial charge >= 0.3 is 5.97 Å². The molecule has 14 heavy (non-hydrogen) atoms. The van der Waals surface area contributed by atoms with Gasteiger partial charge in [0, 0.05) is 6.54 Å². The Hall–Kier alpha value is -0.610. The second kappa shape index (κ2) is 4.28. The fraction of sp³-hybridized carbons (Fsp3) is 0.900. The Bertz CT molecular complexity index is 214. The van der Waals surface area contributed by atoms with Crippen molar-refractivity contribution in [2.75, 3.05) is 34.8 Å². The molecule has 1 rings (SSSR count). The lowest BCUT2D eigenvalue weighted by molar-refractivity contribution is -0.150. The van der Waals surface area contributed by atoms with Crippen molar-refractivity contribution in [2.45, 2.75) is 18.4 Å². The first kappa shape index (κ1) is 11.5. The highest BCUT2D eigenvalue weighted by Crippen LogP contribution is 2.40. The monoisotopic (exact) mass is 200 g/mol. The van der Waals surface area contributed by atoms with Crippen molar-refractivity contribution < 1.29 is 9.53 Å². The number of hydrogen-bond donors (Lipinski definition) is 1. The molecule has 0 aromatic rings. The zero-order valence-corrected chi connectivity index (χ0v) is 9.46. The van der Waals surface area contributed by atoms with E-state index in [1.165, 1.54) is 7.11 Å². The molecule has 82 valence electrons. The lowest BCUT2D eigenvalue weighted by Gasteiger charge is -2.33. The van der Waals surface area contributed by atoms with Crippen LogP contribution in [0.4, 0.5) is 0 Å². The van der Waals surface area contributed by atoms with Gasteiger partial charge in [-0.3, -0.25) is 0 Å². The Morgan fingerprint density at radius 2 is 2.14 bits per heavy atom. The smallest absolute Gasteiger partial charge is 0.327 e. The van der Waals surface area contributed by atoms with Gasteiger partial charge in [-0.25, -0.2) is 4.79 Å². The number of nitrogens with zero attached hydrogens (tertiary/aromatic N) is 1. The van der Waals surface area contributed by atoms with Crippen LogP contribution in [-0.2, 0) is 9.53 Å². The summed E-state index contributed by atoms with van der Waals surface area (Å²) in [6.07, 6.45) is 2.23. The molecule has 4 heteroatoms. The Kier molecular flexibility index (Phi) is 3.50. The van der Waals surface area contributed by atoms with Crippen LogP contribution in [0.2, 0.25) is 0 Å². The number of methoxy groups -OCH3 is 1. The number of carbonyl (C=O) groups is 1. The molecule has 1 atom stereocenters. The largest absolute Gasteiger partial charge is 0.468 e. The summed E-state index contributed by atoms with van der Waals surface area (Å²) in [5.41, 5.74) is -0.502. The van der Waals surface area contributed by atoms with Gasteiger partial charge in [-0.05, 0) is 39.9 Å². The van der Waals surface area contributed by atoms with Crippen molar-refractivity contribution in [3.8, 4) is 0 Å². The number of nitrogens with one attached hydrogen (secondary N) is 1. The van der Waals surface area contributed by atoms with Crippen LogP contribution in [0.25, 0.3) is 0 Å². The lowest BCUT2D eigenvalue weighted by atomic mass is 9.93. The minimum absolute atomic E-state index is 0.142. The van der Waals surface area contributed by atoms with E-state index in [4.69, 9.17) is 4.74 Å². The van der Waals surface area contributed by atoms with E-state index in [1.807, 2.05) is 26.0 Å². The predicted molar refractivity (Wildman–Crippen MR) is 55.1 cm³/mol. The first-order valence-electron chi connectivity index (χ1n) is 4.99. The first-order valence-corrected chi connectivity index (χ1v) is 4.99. The predicted octanol–water partition coefficient (Wildman–Crippen LogP) is 0.0892. The summed E-state index contributed by atoms with van der Waals surface area (Å²) in [5, 5.41) is 3.14. The minimum Gasteiger partial charge on any atom is -0.468 e. The van der Waals surface area contributed by atoms with Gasteiger partial charge in [0.1, 0.15) is 5.54 Å². The van der Waals surface area contributed by atoms with Crippen LogP contribution in [0.3, 0.4) is 0 Å². The Morgan fingerprint density at radius 1 is 1.57 bits per heavy atom. The maximum Gasteiger partial charge on any atom is 0.327 e. The molecule has 4 nitrogen and oxygen atoms in total. The van der Waals surface area contributed by atoms with Crippen LogP contribution in [0.15, 0.2) is 0 Å². The van der Waals surface area contributed by atoms with Gasteiger partial charge in [-0.2, -0.15) is 0 Å². The highest BCUT2D eigenvalue weighted by Gasteiger charge is 2.51. The van der Waals surface area contributed by atoms with Gasteiger partial charge in [0.15, 0.2) is 0 Å². The number of ether oxygens (including phenoxy) is 1. The molecular formula is C10H20N2O2. The quantitative estimate of drug-likeness (QED) is 0.639. The third-order valence-electron chi connectivity index (χ3n) is 2.84. The van der Waals surface area contributed by atoms with E-state index in [9.17, 15) is 4.79 Å². The second-order valence-electron chi connectivity index (χ2n) is 4.22. The van der Waals surface area contributed by atoms with Crippen LogP contribution in [-0.4, -0.2) is 51.2 Å². The summed E-state index contributed by atoms with van der Waals surface area (Å²) in [6, 6.07) is 0. The topological polar surface area (TPSA) is 41.6 Å². The van der Waals surface area contributed by atoms with E-state index in [1.54, 1.807) is 0 Å². The third-order valence-corrected chi connectivity index (χ3v) is 2.84. The van der Waals surface area contributed by atoms with Crippen LogP contribution in [0.5, 0.6) is 0 Å². The van der Waals surface area contributed by atoms with Crippen LogP contribution >= 0.6 is 0 Å². The normalized spacial score (nSPS) is 20.6. The molecular weight excluding hydrogens is 180 g/mol. The average Bonchev–Trinajstić information content (AvgIpc) is 2.96. The molecule has 0 aromatic heterocycles. The molecule has 1 unspecified atom stereocenters. The average molecular weight is 200 g/mol. The molecule has 0 spiro atoms. The summed E-state index contributed by atoms with van der Waals surface area (Å²) in [4.78, 5) is 13.8. The van der Waals surface area contributed by atoms with Crippen molar-refractivity contribution in [2.24, 2.45) is 5.92 Å². The van der Waals surface area contributed by atoms with Crippen molar-refractivity contribution in [3.05, 3.63) is 0 Å². The zero-order valence-electron chi connectivity index (χ0n) is 9.46. The summed E-state index contributed by atoms with van der Waals surface area (Å²) in [7, 11) is 7.22. The standard InChI is InChI=1S/C10H20N2O2/c1-11-10(7-12(2)3,8-5-6-8)9(13)14-4/h8,11H,5-7H2,1-4H3. The van der Waals surface area contributed by atoms with Crippen molar-refractivity contribution in [1.82, 2.24) is 10.2 Å². The SMILES string of the molecule is CNC(CN(C)C)(C(=O)OC)C1CC1. The molecule has 0 aliphatic heterocycles. The maximum absolute atomic E-state index is 11.8. The van der Waals surface area contributed by atoms with E-state index < -0.39 is 5.54 Å². The van der Waals surface area contributed by atoms with Crippen molar-refractivity contribution in [1.29, 1.82) is 0 Å². The molecule has 0 aromatic carbocycles.